The Balaban J connectivity index is 3.99. The fourth-order valence-electron chi connectivity index (χ4n) is 6.28. The SMILES string of the molecule is CC/C=C\C/C=C\C/C=C\C/C=C\C/C=C\C/C=C\C/C=C\CC(=O)NC(COP(=O)(O)OCC(O)COC(=O)CCCCCCCCCCCCCCCCCCCC)C(=O)O. The number of aliphatic hydroxyl groups is 1. The summed E-state index contributed by atoms with van der Waals surface area (Å²) in [6, 6.07) is -1.61. The summed E-state index contributed by atoms with van der Waals surface area (Å²) in [5.41, 5.74) is 0. The van der Waals surface area contributed by atoms with Gasteiger partial charge in [-0.2, -0.15) is 0 Å². The van der Waals surface area contributed by atoms with Gasteiger partial charge >= 0.3 is 19.8 Å². The predicted octanol–water partition coefficient (Wildman–Crippen LogP) is 13.1. The van der Waals surface area contributed by atoms with Crippen LogP contribution in [0, 0.1) is 0 Å². The van der Waals surface area contributed by atoms with E-state index in [2.05, 4.69) is 79.9 Å². The van der Waals surface area contributed by atoms with Crippen molar-refractivity contribution in [3.8, 4) is 0 Å². The van der Waals surface area contributed by atoms with Gasteiger partial charge in [-0.3, -0.25) is 18.6 Å². The first-order chi connectivity index (χ1) is 30.6. The zero-order chi connectivity index (χ0) is 46.3. The minimum atomic E-state index is -4.79. The van der Waals surface area contributed by atoms with Crippen LogP contribution in [0.25, 0.3) is 0 Å². The molecule has 0 rings (SSSR count). The van der Waals surface area contributed by atoms with Gasteiger partial charge in [0.15, 0.2) is 6.04 Å². The van der Waals surface area contributed by atoms with Gasteiger partial charge in [0.1, 0.15) is 12.7 Å². The summed E-state index contributed by atoms with van der Waals surface area (Å²) in [5.74, 6) is -2.55. The van der Waals surface area contributed by atoms with E-state index in [-0.39, 0.29) is 12.8 Å². The number of phosphoric acid groups is 1. The molecule has 63 heavy (non-hydrogen) atoms. The van der Waals surface area contributed by atoms with Crippen molar-refractivity contribution in [1.82, 2.24) is 5.32 Å². The zero-order valence-electron chi connectivity index (χ0n) is 39.1. The molecule has 0 aliphatic heterocycles. The van der Waals surface area contributed by atoms with Gasteiger partial charge in [-0.15, -0.1) is 0 Å². The molecule has 4 N–H and O–H groups in total. The van der Waals surface area contributed by atoms with Crippen molar-refractivity contribution in [2.75, 3.05) is 19.8 Å². The number of nitrogens with one attached hydrogen (secondary N) is 1. The maximum Gasteiger partial charge on any atom is 0.472 e. The molecule has 0 aromatic rings. The molecule has 0 radical (unpaired) electrons. The van der Waals surface area contributed by atoms with Crippen LogP contribution in [0.1, 0.15) is 187 Å². The number of amides is 1. The summed E-state index contributed by atoms with van der Waals surface area (Å²) in [7, 11) is -4.79. The topological polar surface area (TPSA) is 169 Å². The van der Waals surface area contributed by atoms with Gasteiger partial charge in [0, 0.05) is 12.8 Å². The standard InChI is InChI=1S/C51H86NO10P/c1-3-5-7-9-11-13-15-17-19-21-23-24-25-26-28-30-32-34-36-38-40-42-49(54)52-48(51(56)57)46-62-63(58,59)61-45-47(53)44-60-50(55)43-41-39-37-35-33-31-29-27-22-20-18-16-14-12-10-8-6-4-2/h5,7,11,13,17,19,23-24,26,28,32,34,38,40,47-48,53H,3-4,6,8-10,12,14-16,18,20-22,25,27,29-31,33,35-37,39,41-46H2,1-2H3,(H,52,54)(H,56,57)(H,58,59)/b7-5-,13-11-,19-17-,24-23-,28-26-,34-32-,40-38-. The Kier molecular flexibility index (Phi) is 42.8. The molecular weight excluding hydrogens is 818 g/mol. The molecule has 0 saturated heterocycles. The molecule has 12 heteroatoms. The van der Waals surface area contributed by atoms with Crippen LogP contribution in [0.2, 0.25) is 0 Å². The quantitative estimate of drug-likeness (QED) is 0.0200. The summed E-state index contributed by atoms with van der Waals surface area (Å²) in [5, 5.41) is 21.8. The average Bonchev–Trinajstić information content (AvgIpc) is 3.26. The molecular formula is C51H86NO10P. The lowest BCUT2D eigenvalue weighted by Gasteiger charge is -2.18. The average molecular weight is 904 g/mol. The van der Waals surface area contributed by atoms with Gasteiger partial charge in [-0.1, -0.05) is 208 Å². The molecule has 0 fully saturated rings. The highest BCUT2D eigenvalue weighted by atomic mass is 31.2. The highest BCUT2D eigenvalue weighted by Gasteiger charge is 2.28. The summed E-state index contributed by atoms with van der Waals surface area (Å²) >= 11 is 0. The lowest BCUT2D eigenvalue weighted by molar-refractivity contribution is -0.147. The maximum absolute atomic E-state index is 12.3. The van der Waals surface area contributed by atoms with Gasteiger partial charge in [0.2, 0.25) is 5.91 Å². The normalized spacial score (nSPS) is 14.3. The van der Waals surface area contributed by atoms with E-state index in [0.717, 1.165) is 57.8 Å². The van der Waals surface area contributed by atoms with Crippen LogP contribution in [-0.2, 0) is 32.7 Å². The Hall–Kier alpha value is -3.34. The second-order valence-electron chi connectivity index (χ2n) is 15.9. The summed E-state index contributed by atoms with van der Waals surface area (Å²) in [6.45, 7) is 2.42. The minimum Gasteiger partial charge on any atom is -0.480 e. The van der Waals surface area contributed by atoms with Gasteiger partial charge in [-0.25, -0.2) is 9.36 Å². The highest BCUT2D eigenvalue weighted by molar-refractivity contribution is 7.47. The smallest absolute Gasteiger partial charge is 0.472 e. The summed E-state index contributed by atoms with van der Waals surface area (Å²) < 4.78 is 26.9. The van der Waals surface area contributed by atoms with E-state index in [1.807, 2.05) is 12.2 Å². The van der Waals surface area contributed by atoms with Gasteiger partial charge < -0.3 is 25.2 Å². The number of allylic oxidation sites excluding steroid dienone is 13. The Bertz CT molecular complexity index is 1390. The predicted molar refractivity (Wildman–Crippen MR) is 258 cm³/mol. The third kappa shape index (κ3) is 45.0. The van der Waals surface area contributed by atoms with E-state index < -0.39 is 57.6 Å². The fraction of sp³-hybridized carbons (Fsp3) is 0.667. The summed E-state index contributed by atoms with van der Waals surface area (Å²) in [6.07, 6.45) is 56.4. The Morgan fingerprint density at radius 3 is 1.29 bits per heavy atom. The lowest BCUT2D eigenvalue weighted by Crippen LogP contribution is -2.43. The molecule has 0 heterocycles. The van der Waals surface area contributed by atoms with Crippen molar-refractivity contribution < 1.29 is 47.8 Å². The van der Waals surface area contributed by atoms with Crippen LogP contribution in [0.15, 0.2) is 85.1 Å². The van der Waals surface area contributed by atoms with E-state index in [4.69, 9.17) is 13.8 Å². The third-order valence-electron chi connectivity index (χ3n) is 9.98. The minimum absolute atomic E-state index is 0.0931. The first-order valence-corrected chi connectivity index (χ1v) is 25.6. The molecule has 0 aromatic heterocycles. The number of carboxylic acid groups (broad SMARTS) is 1. The third-order valence-corrected chi connectivity index (χ3v) is 10.9. The van der Waals surface area contributed by atoms with Crippen molar-refractivity contribution in [3.63, 3.8) is 0 Å². The number of ether oxygens (including phenoxy) is 1. The van der Waals surface area contributed by atoms with E-state index in [9.17, 15) is 34.1 Å². The van der Waals surface area contributed by atoms with Crippen LogP contribution in [0.4, 0.5) is 0 Å². The Morgan fingerprint density at radius 1 is 0.524 bits per heavy atom. The second kappa shape index (κ2) is 45.2. The number of hydrogen-bond acceptors (Lipinski definition) is 8. The van der Waals surface area contributed by atoms with E-state index in [0.29, 0.717) is 12.8 Å². The van der Waals surface area contributed by atoms with Crippen LogP contribution in [0.5, 0.6) is 0 Å². The lowest BCUT2D eigenvalue weighted by atomic mass is 10.0. The number of carbonyl (C=O) groups excluding carboxylic acids is 2. The fourth-order valence-corrected chi connectivity index (χ4v) is 7.05. The number of esters is 1. The maximum atomic E-state index is 12.3. The van der Waals surface area contributed by atoms with E-state index in [1.54, 1.807) is 12.2 Å². The molecule has 0 aliphatic carbocycles. The molecule has 0 aromatic carbocycles. The Morgan fingerprint density at radius 2 is 0.889 bits per heavy atom. The van der Waals surface area contributed by atoms with Crippen molar-refractivity contribution in [1.29, 1.82) is 0 Å². The zero-order valence-corrected chi connectivity index (χ0v) is 40.0. The van der Waals surface area contributed by atoms with E-state index in [1.165, 1.54) is 89.9 Å². The second-order valence-corrected chi connectivity index (χ2v) is 17.4. The number of hydrogen-bond donors (Lipinski definition) is 4. The van der Waals surface area contributed by atoms with Gasteiger partial charge in [0.25, 0.3) is 0 Å². The number of rotatable bonds is 44. The van der Waals surface area contributed by atoms with Crippen molar-refractivity contribution in [2.24, 2.45) is 0 Å². The molecule has 0 saturated carbocycles. The Labute approximate surface area is 381 Å². The largest absolute Gasteiger partial charge is 0.480 e. The number of unbranched alkanes of at least 4 members (excludes halogenated alkanes) is 17. The van der Waals surface area contributed by atoms with E-state index >= 15 is 0 Å². The molecule has 3 unspecified atom stereocenters. The van der Waals surface area contributed by atoms with Crippen molar-refractivity contribution >= 4 is 25.7 Å². The molecule has 0 bridgehead atoms. The first kappa shape index (κ1) is 59.7. The first-order valence-electron chi connectivity index (χ1n) is 24.1. The molecule has 1 amide bonds. The molecule has 360 valence electrons. The van der Waals surface area contributed by atoms with Gasteiger partial charge in [-0.05, 0) is 51.4 Å². The van der Waals surface area contributed by atoms with Crippen molar-refractivity contribution in [3.05, 3.63) is 85.1 Å². The number of aliphatic carboxylic acids is 1. The van der Waals surface area contributed by atoms with Crippen LogP contribution in [-0.4, -0.2) is 64.9 Å². The molecule has 0 spiro atoms. The summed E-state index contributed by atoms with van der Waals surface area (Å²) in [4.78, 5) is 46.0. The molecule has 0 aliphatic rings. The number of aliphatic hydroxyl groups excluding tert-OH is 1. The van der Waals surface area contributed by atoms with Crippen LogP contribution < -0.4 is 5.32 Å². The number of phosphoric ester groups is 1. The van der Waals surface area contributed by atoms with Crippen LogP contribution >= 0.6 is 7.82 Å². The molecule has 3 atom stereocenters. The van der Waals surface area contributed by atoms with Gasteiger partial charge in [0.05, 0.1) is 13.2 Å². The highest BCUT2D eigenvalue weighted by Crippen LogP contribution is 2.43. The number of carbonyl (C=O) groups is 3. The number of carboxylic acids is 1. The monoisotopic (exact) mass is 904 g/mol. The molecule has 11 nitrogen and oxygen atoms in total. The van der Waals surface area contributed by atoms with Crippen molar-refractivity contribution in [2.45, 2.75) is 199 Å². The van der Waals surface area contributed by atoms with Crippen LogP contribution in [0.3, 0.4) is 0 Å².